The Hall–Kier alpha value is -2.15. The van der Waals surface area contributed by atoms with Crippen molar-refractivity contribution in [1.82, 2.24) is 5.32 Å². The first-order valence-electron chi connectivity index (χ1n) is 12.7. The number of halogens is 2. The molecule has 0 saturated heterocycles. The zero-order valence-electron chi connectivity index (χ0n) is 20.2. The van der Waals surface area contributed by atoms with Crippen molar-refractivity contribution in [2.45, 2.75) is 70.4 Å². The molecule has 3 aromatic rings. The second-order valence-electron chi connectivity index (χ2n) is 9.55. The molecule has 0 spiro atoms. The van der Waals surface area contributed by atoms with Crippen LogP contribution in [0.25, 0.3) is 0 Å². The Morgan fingerprint density at radius 3 is 2.67 bits per heavy atom. The van der Waals surface area contributed by atoms with Crippen molar-refractivity contribution in [2.24, 2.45) is 4.99 Å². The molecule has 0 unspecified atom stereocenters. The Labute approximate surface area is 230 Å². The van der Waals surface area contributed by atoms with Crippen LogP contribution in [0.3, 0.4) is 0 Å². The largest absolute Gasteiger partial charge is 0.488 e. The predicted molar refractivity (Wildman–Crippen MR) is 152 cm³/mol. The van der Waals surface area contributed by atoms with Crippen molar-refractivity contribution in [3.63, 3.8) is 0 Å². The fraction of sp³-hybridized carbons (Fsp3) is 0.379. The van der Waals surface area contributed by atoms with E-state index in [9.17, 15) is 4.79 Å². The van der Waals surface area contributed by atoms with Gasteiger partial charge in [-0.1, -0.05) is 58.9 Å². The third kappa shape index (κ3) is 6.21. The van der Waals surface area contributed by atoms with Gasteiger partial charge < -0.3 is 10.1 Å². The average molecular weight is 586 g/mol. The molecule has 5 rings (SSSR count). The van der Waals surface area contributed by atoms with E-state index in [1.807, 2.05) is 42.5 Å². The molecule has 0 bridgehead atoms. The number of nitrogens with zero attached hydrogens (tertiary/aromatic N) is 1. The molecule has 0 radical (unpaired) electrons. The molecular formula is C29H30BrClN2O2S. The molecule has 2 aromatic carbocycles. The maximum Gasteiger partial charge on any atom is 0.254 e. The van der Waals surface area contributed by atoms with Crippen LogP contribution in [0.2, 0.25) is 5.02 Å². The lowest BCUT2D eigenvalue weighted by atomic mass is 9.93. The number of hydrogen-bond acceptors (Lipinski definition) is 4. The van der Waals surface area contributed by atoms with E-state index in [1.165, 1.54) is 36.1 Å². The first kappa shape index (κ1) is 25.5. The number of nitrogens with one attached hydrogen (secondary N) is 1. The van der Waals surface area contributed by atoms with Gasteiger partial charge in [0.2, 0.25) is 0 Å². The Bertz CT molecular complexity index is 1250. The molecule has 36 heavy (non-hydrogen) atoms. The molecule has 0 aliphatic heterocycles. The molecule has 2 aliphatic rings. The van der Waals surface area contributed by atoms with Crippen molar-refractivity contribution in [1.29, 1.82) is 0 Å². The van der Waals surface area contributed by atoms with Gasteiger partial charge in [-0.05, 0) is 80.0 Å². The van der Waals surface area contributed by atoms with Gasteiger partial charge in [-0.15, -0.1) is 11.3 Å². The molecule has 1 N–H and O–H groups in total. The highest BCUT2D eigenvalue weighted by molar-refractivity contribution is 9.10. The quantitative estimate of drug-likeness (QED) is 0.283. The zero-order chi connectivity index (χ0) is 24.9. The Morgan fingerprint density at radius 1 is 1.08 bits per heavy atom. The standard InChI is InChI=1S/C29H30BrClN2O2S/c30-21-12-10-19(11-13-21)18-35-25-15-14-22(31)16-20(25)17-32-29-27(24-8-4-5-9-26(24)36-29)28(34)33-23-6-2-1-3-7-23/h10-17,23H,1-9,18H2,(H,33,34). The van der Waals surface area contributed by atoms with Gasteiger partial charge >= 0.3 is 0 Å². The summed E-state index contributed by atoms with van der Waals surface area (Å²) < 4.78 is 7.16. The van der Waals surface area contributed by atoms with Gasteiger partial charge in [-0.25, -0.2) is 4.99 Å². The number of amides is 1. The summed E-state index contributed by atoms with van der Waals surface area (Å²) in [6.45, 7) is 0.443. The van der Waals surface area contributed by atoms with Crippen LogP contribution in [-0.2, 0) is 19.4 Å². The minimum absolute atomic E-state index is 0.0336. The summed E-state index contributed by atoms with van der Waals surface area (Å²) in [5.74, 6) is 0.742. The lowest BCUT2D eigenvalue weighted by molar-refractivity contribution is 0.0927. The Morgan fingerprint density at radius 2 is 1.86 bits per heavy atom. The Balaban J connectivity index is 1.40. The fourth-order valence-electron chi connectivity index (χ4n) is 5.00. The number of benzene rings is 2. The van der Waals surface area contributed by atoms with Crippen molar-refractivity contribution >= 4 is 56.0 Å². The summed E-state index contributed by atoms with van der Waals surface area (Å²) in [6, 6.07) is 13.9. The van der Waals surface area contributed by atoms with E-state index in [0.29, 0.717) is 17.4 Å². The van der Waals surface area contributed by atoms with E-state index in [2.05, 4.69) is 21.2 Å². The highest BCUT2D eigenvalue weighted by Gasteiger charge is 2.27. The summed E-state index contributed by atoms with van der Waals surface area (Å²) in [4.78, 5) is 19.6. The van der Waals surface area contributed by atoms with Gasteiger partial charge in [0.1, 0.15) is 17.4 Å². The number of hydrogen-bond donors (Lipinski definition) is 1. The number of carbonyl (C=O) groups is 1. The molecule has 1 heterocycles. The second-order valence-corrected chi connectivity index (χ2v) is 12.0. The molecule has 1 amide bonds. The van der Waals surface area contributed by atoms with E-state index in [4.69, 9.17) is 21.3 Å². The van der Waals surface area contributed by atoms with E-state index in [-0.39, 0.29) is 11.9 Å². The van der Waals surface area contributed by atoms with Gasteiger partial charge in [0.15, 0.2) is 0 Å². The number of aliphatic imine (C=N–C) groups is 1. The van der Waals surface area contributed by atoms with E-state index in [0.717, 1.165) is 58.3 Å². The van der Waals surface area contributed by atoms with Crippen LogP contribution in [0.1, 0.15) is 76.9 Å². The van der Waals surface area contributed by atoms with Crippen LogP contribution >= 0.6 is 38.9 Å². The van der Waals surface area contributed by atoms with Crippen LogP contribution < -0.4 is 10.1 Å². The van der Waals surface area contributed by atoms with Gasteiger partial charge in [-0.3, -0.25) is 4.79 Å². The molecule has 7 heteroatoms. The maximum atomic E-state index is 13.5. The second kappa shape index (κ2) is 11.9. The summed E-state index contributed by atoms with van der Waals surface area (Å²) in [5.41, 5.74) is 3.84. The fourth-order valence-corrected chi connectivity index (χ4v) is 6.68. The number of ether oxygens (including phenoxy) is 1. The zero-order valence-corrected chi connectivity index (χ0v) is 23.4. The van der Waals surface area contributed by atoms with Crippen LogP contribution in [0.5, 0.6) is 5.75 Å². The maximum absolute atomic E-state index is 13.5. The summed E-state index contributed by atoms with van der Waals surface area (Å²) in [5, 5.41) is 4.72. The summed E-state index contributed by atoms with van der Waals surface area (Å²) in [6.07, 6.45) is 11.8. The first-order chi connectivity index (χ1) is 17.6. The SMILES string of the molecule is O=C(NC1CCCCC1)c1c(N=Cc2cc(Cl)ccc2OCc2ccc(Br)cc2)sc2c1CCCC2. The lowest BCUT2D eigenvalue weighted by Gasteiger charge is -2.23. The van der Waals surface area contributed by atoms with E-state index < -0.39 is 0 Å². The number of fused-ring (bicyclic) bond motifs is 1. The minimum atomic E-state index is 0.0336. The van der Waals surface area contributed by atoms with E-state index >= 15 is 0 Å². The smallest absolute Gasteiger partial charge is 0.254 e. The van der Waals surface area contributed by atoms with Crippen molar-refractivity contribution in [3.05, 3.63) is 79.1 Å². The third-order valence-corrected chi connectivity index (χ3v) is 8.88. The highest BCUT2D eigenvalue weighted by atomic mass is 79.9. The number of thiophene rings is 1. The molecule has 4 nitrogen and oxygen atoms in total. The predicted octanol–water partition coefficient (Wildman–Crippen LogP) is 8.43. The van der Waals surface area contributed by atoms with Gasteiger partial charge in [0, 0.05) is 32.2 Å². The topological polar surface area (TPSA) is 50.7 Å². The first-order valence-corrected chi connectivity index (χ1v) is 14.7. The summed E-state index contributed by atoms with van der Waals surface area (Å²) >= 11 is 11.4. The average Bonchev–Trinajstić information content (AvgIpc) is 3.27. The molecule has 0 atom stereocenters. The van der Waals surface area contributed by atoms with Crippen LogP contribution in [0, 0.1) is 0 Å². The van der Waals surface area contributed by atoms with E-state index in [1.54, 1.807) is 17.6 Å². The van der Waals surface area contributed by atoms with Crippen LogP contribution in [0.15, 0.2) is 51.9 Å². The molecule has 188 valence electrons. The Kier molecular flexibility index (Phi) is 8.45. The number of carbonyl (C=O) groups excluding carboxylic acids is 1. The molecule has 1 aromatic heterocycles. The lowest BCUT2D eigenvalue weighted by Crippen LogP contribution is -2.36. The molecular weight excluding hydrogens is 556 g/mol. The third-order valence-electron chi connectivity index (χ3n) is 6.92. The normalized spacial score (nSPS) is 16.2. The van der Waals surface area contributed by atoms with Crippen molar-refractivity contribution in [2.75, 3.05) is 0 Å². The molecule has 2 aliphatic carbocycles. The highest BCUT2D eigenvalue weighted by Crippen LogP contribution is 2.40. The monoisotopic (exact) mass is 584 g/mol. The molecule has 1 fully saturated rings. The van der Waals surface area contributed by atoms with Crippen molar-refractivity contribution < 1.29 is 9.53 Å². The van der Waals surface area contributed by atoms with Gasteiger partial charge in [-0.2, -0.15) is 0 Å². The molecule has 1 saturated carbocycles. The minimum Gasteiger partial charge on any atom is -0.488 e. The van der Waals surface area contributed by atoms with Crippen molar-refractivity contribution in [3.8, 4) is 5.75 Å². The van der Waals surface area contributed by atoms with Gasteiger partial charge in [0.25, 0.3) is 5.91 Å². The van der Waals surface area contributed by atoms with Crippen LogP contribution in [-0.4, -0.2) is 18.2 Å². The van der Waals surface area contributed by atoms with Crippen LogP contribution in [0.4, 0.5) is 5.00 Å². The number of rotatable bonds is 7. The van der Waals surface area contributed by atoms with Gasteiger partial charge in [0.05, 0.1) is 5.56 Å². The number of aryl methyl sites for hydroxylation is 1. The summed E-state index contributed by atoms with van der Waals surface area (Å²) in [7, 11) is 0.